The van der Waals surface area contributed by atoms with Gasteiger partial charge >= 0.3 is 6.18 Å². The van der Waals surface area contributed by atoms with E-state index in [9.17, 15) is 27.6 Å². The summed E-state index contributed by atoms with van der Waals surface area (Å²) in [6.45, 7) is 1.18. The quantitative estimate of drug-likeness (QED) is 0.598. The van der Waals surface area contributed by atoms with Crippen LogP contribution in [0.25, 0.3) is 0 Å². The molecule has 1 aliphatic heterocycles. The van der Waals surface area contributed by atoms with Gasteiger partial charge in [-0.3, -0.25) is 19.3 Å². The zero-order valence-electron chi connectivity index (χ0n) is 18.5. The Morgan fingerprint density at radius 2 is 1.79 bits per heavy atom. The van der Waals surface area contributed by atoms with Gasteiger partial charge in [0.1, 0.15) is 0 Å². The van der Waals surface area contributed by atoms with E-state index in [0.29, 0.717) is 12.0 Å². The Balaban J connectivity index is 1.16. The smallest absolute Gasteiger partial charge is 0.349 e. The number of carbonyl (C=O) groups is 2. The largest absolute Gasteiger partial charge is 0.416 e. The van der Waals surface area contributed by atoms with Crippen molar-refractivity contribution < 1.29 is 22.8 Å². The number of rotatable bonds is 6. The van der Waals surface area contributed by atoms with Crippen LogP contribution in [0.4, 0.5) is 13.2 Å². The van der Waals surface area contributed by atoms with Crippen LogP contribution >= 0.6 is 0 Å². The van der Waals surface area contributed by atoms with Gasteiger partial charge in [0, 0.05) is 37.0 Å². The first-order valence-corrected chi connectivity index (χ1v) is 11.4. The van der Waals surface area contributed by atoms with Gasteiger partial charge in [-0.15, -0.1) is 0 Å². The zero-order valence-corrected chi connectivity index (χ0v) is 18.5. The third kappa shape index (κ3) is 5.85. The lowest BCUT2D eigenvalue weighted by Crippen LogP contribution is -2.63. The molecule has 1 saturated heterocycles. The second kappa shape index (κ2) is 10.0. The molecule has 2 fully saturated rings. The van der Waals surface area contributed by atoms with E-state index >= 15 is 0 Å². The van der Waals surface area contributed by atoms with Crippen molar-refractivity contribution in [3.63, 3.8) is 0 Å². The van der Waals surface area contributed by atoms with Crippen molar-refractivity contribution in [2.75, 3.05) is 19.6 Å². The van der Waals surface area contributed by atoms with E-state index in [1.165, 1.54) is 11.6 Å². The van der Waals surface area contributed by atoms with E-state index in [-0.39, 0.29) is 29.6 Å². The van der Waals surface area contributed by atoms with Crippen LogP contribution in [-0.2, 0) is 11.0 Å². The molecule has 0 spiro atoms. The highest BCUT2D eigenvalue weighted by Crippen LogP contribution is 2.35. The molecule has 3 N–H and O–H groups in total. The summed E-state index contributed by atoms with van der Waals surface area (Å²) in [5.74, 6) is -0.646. The van der Waals surface area contributed by atoms with Crippen LogP contribution in [-0.4, -0.2) is 53.4 Å². The highest BCUT2D eigenvalue weighted by atomic mass is 19.4. The van der Waals surface area contributed by atoms with E-state index < -0.39 is 17.6 Å². The highest BCUT2D eigenvalue weighted by Gasteiger charge is 2.35. The molecule has 10 heteroatoms. The summed E-state index contributed by atoms with van der Waals surface area (Å²) >= 11 is 0. The van der Waals surface area contributed by atoms with Crippen molar-refractivity contribution in [2.45, 2.75) is 49.9 Å². The molecule has 0 atom stereocenters. The first-order valence-electron chi connectivity index (χ1n) is 11.4. The van der Waals surface area contributed by atoms with Gasteiger partial charge in [-0.2, -0.15) is 13.2 Å². The Bertz CT molecular complexity index is 1070. The fourth-order valence-electron chi connectivity index (χ4n) is 4.73. The maximum Gasteiger partial charge on any atom is 0.416 e. The molecule has 1 aliphatic carbocycles. The van der Waals surface area contributed by atoms with Gasteiger partial charge in [-0.25, -0.2) is 0 Å². The summed E-state index contributed by atoms with van der Waals surface area (Å²) in [6, 6.07) is 8.01. The number of likely N-dealkylation sites (tertiary alicyclic amines) is 1. The Kier molecular flexibility index (Phi) is 7.06. The maximum absolute atomic E-state index is 12.8. The number of H-pyrrole nitrogens is 1. The number of pyridine rings is 1. The lowest BCUT2D eigenvalue weighted by Gasteiger charge is -2.46. The predicted molar refractivity (Wildman–Crippen MR) is 119 cm³/mol. The minimum atomic E-state index is -4.54. The van der Waals surface area contributed by atoms with E-state index in [2.05, 4.69) is 20.5 Å². The number of benzene rings is 1. The number of nitrogens with zero attached hydrogens (tertiary/aromatic N) is 1. The molecule has 2 aromatic rings. The molecule has 1 aromatic carbocycles. The van der Waals surface area contributed by atoms with E-state index in [1.807, 2.05) is 6.07 Å². The number of nitrogens with one attached hydrogen (secondary N) is 3. The lowest BCUT2D eigenvalue weighted by atomic mass is 9.81. The number of halogens is 3. The van der Waals surface area contributed by atoms with Crippen molar-refractivity contribution in [1.82, 2.24) is 20.5 Å². The average Bonchev–Trinajstić information content (AvgIpc) is 2.80. The van der Waals surface area contributed by atoms with Gasteiger partial charge in [0.25, 0.3) is 5.91 Å². The van der Waals surface area contributed by atoms with Gasteiger partial charge < -0.3 is 15.6 Å². The first kappa shape index (κ1) is 24.0. The third-order valence-electron chi connectivity index (χ3n) is 6.63. The summed E-state index contributed by atoms with van der Waals surface area (Å²) in [6.07, 6.45) is 1.46. The minimum Gasteiger partial charge on any atom is -0.349 e. The van der Waals surface area contributed by atoms with Crippen LogP contribution in [0.3, 0.4) is 0 Å². The van der Waals surface area contributed by atoms with Crippen molar-refractivity contribution in [3.05, 3.63) is 69.6 Å². The summed E-state index contributed by atoms with van der Waals surface area (Å²) in [7, 11) is 0. The SMILES string of the molecule is O=C(CNC(=O)c1cccc(C(F)(F)F)c1)NC1CN([C@H]2CC[C@@H](c3ccc(=O)[nH]c3)CC2)C1. The number of amides is 2. The summed E-state index contributed by atoms with van der Waals surface area (Å²) in [4.78, 5) is 40.6. The molecular weight excluding hydrogens is 449 g/mol. The van der Waals surface area contributed by atoms with Gasteiger partial charge in [0.15, 0.2) is 0 Å². The van der Waals surface area contributed by atoms with Crippen LogP contribution in [0, 0.1) is 0 Å². The van der Waals surface area contributed by atoms with E-state index in [1.54, 1.807) is 12.3 Å². The van der Waals surface area contributed by atoms with Gasteiger partial charge in [0.05, 0.1) is 18.2 Å². The average molecular weight is 476 g/mol. The molecule has 4 rings (SSSR count). The summed E-state index contributed by atoms with van der Waals surface area (Å²) in [5, 5.41) is 5.23. The van der Waals surface area contributed by atoms with E-state index in [4.69, 9.17) is 0 Å². The topological polar surface area (TPSA) is 94.3 Å². The van der Waals surface area contributed by atoms with Gasteiger partial charge in [-0.1, -0.05) is 12.1 Å². The van der Waals surface area contributed by atoms with E-state index in [0.717, 1.165) is 57.0 Å². The molecule has 182 valence electrons. The number of aromatic amines is 1. The molecule has 2 heterocycles. The Hall–Kier alpha value is -3.14. The van der Waals surface area contributed by atoms with Gasteiger partial charge in [-0.05, 0) is 55.4 Å². The molecule has 0 bridgehead atoms. The van der Waals surface area contributed by atoms with Crippen LogP contribution in [0.1, 0.15) is 53.1 Å². The van der Waals surface area contributed by atoms with Crippen molar-refractivity contribution in [3.8, 4) is 0 Å². The number of hydrogen-bond donors (Lipinski definition) is 3. The second-order valence-electron chi connectivity index (χ2n) is 8.97. The Morgan fingerprint density at radius 3 is 2.44 bits per heavy atom. The number of carbonyl (C=O) groups excluding carboxylic acids is 2. The molecule has 2 amide bonds. The molecule has 2 aliphatic rings. The Labute approximate surface area is 194 Å². The second-order valence-corrected chi connectivity index (χ2v) is 8.97. The first-order chi connectivity index (χ1) is 16.2. The third-order valence-corrected chi connectivity index (χ3v) is 6.63. The zero-order chi connectivity index (χ0) is 24.3. The fourth-order valence-corrected chi connectivity index (χ4v) is 4.73. The minimum absolute atomic E-state index is 0.00474. The van der Waals surface area contributed by atoms with Crippen molar-refractivity contribution in [1.29, 1.82) is 0 Å². The van der Waals surface area contributed by atoms with Crippen LogP contribution in [0.2, 0.25) is 0 Å². The predicted octanol–water partition coefficient (Wildman–Crippen LogP) is 2.65. The monoisotopic (exact) mass is 476 g/mol. The number of hydrogen-bond acceptors (Lipinski definition) is 4. The molecule has 7 nitrogen and oxygen atoms in total. The normalized spacial score (nSPS) is 21.5. The lowest BCUT2D eigenvalue weighted by molar-refractivity contribution is -0.137. The molecule has 1 saturated carbocycles. The van der Waals surface area contributed by atoms with Crippen LogP contribution < -0.4 is 16.2 Å². The standard InChI is InChI=1S/C24H27F3N4O3/c25-24(26,27)18-3-1-2-16(10-18)23(34)29-12-22(33)30-19-13-31(14-19)20-7-4-15(5-8-20)17-6-9-21(32)28-11-17/h1-3,6,9-11,15,19-20H,4-5,7-8,12-14H2,(H,28,32)(H,29,34)(H,30,33)/t15-,20+. The molecular formula is C24H27F3N4O3. The fraction of sp³-hybridized carbons (Fsp3) is 0.458. The molecule has 1 aromatic heterocycles. The Morgan fingerprint density at radius 1 is 1.06 bits per heavy atom. The number of alkyl halides is 3. The van der Waals surface area contributed by atoms with Gasteiger partial charge in [0.2, 0.25) is 11.5 Å². The maximum atomic E-state index is 12.8. The van der Waals surface area contributed by atoms with Crippen LogP contribution in [0.15, 0.2) is 47.4 Å². The van der Waals surface area contributed by atoms with Crippen molar-refractivity contribution >= 4 is 11.8 Å². The summed E-state index contributed by atoms with van der Waals surface area (Å²) in [5.41, 5.74) is 0.0158. The van der Waals surface area contributed by atoms with Crippen molar-refractivity contribution in [2.24, 2.45) is 0 Å². The van der Waals surface area contributed by atoms with Crippen LogP contribution in [0.5, 0.6) is 0 Å². The number of aromatic nitrogens is 1. The molecule has 0 radical (unpaired) electrons. The highest BCUT2D eigenvalue weighted by molar-refractivity contribution is 5.96. The molecule has 34 heavy (non-hydrogen) atoms. The molecule has 0 unspecified atom stereocenters. The summed E-state index contributed by atoms with van der Waals surface area (Å²) < 4.78 is 38.4.